The fraction of sp³-hybridized carbons (Fsp3) is 0.200. The summed E-state index contributed by atoms with van der Waals surface area (Å²) in [6, 6.07) is 15.8. The Morgan fingerprint density at radius 1 is 0.892 bits per heavy atom. The summed E-state index contributed by atoms with van der Waals surface area (Å²) in [7, 11) is -2.79. The van der Waals surface area contributed by atoms with E-state index in [2.05, 4.69) is 5.32 Å². The standard InChI is InChI=1S/C25H23Cl4N3O4S/c1-16(25(34)30-2)31(14-17-8-10-20(27)21(28)12-17)24(33)15-32(23-11-9-18(26)13-22(23)29)37(35,36)19-6-4-3-5-7-19/h3-13,16H,14-15H2,1-2H3,(H,30,34)/t16-/m1/s1. The van der Waals surface area contributed by atoms with Crippen LogP contribution in [0.5, 0.6) is 0 Å². The largest absolute Gasteiger partial charge is 0.357 e. The zero-order chi connectivity index (χ0) is 27.3. The van der Waals surface area contributed by atoms with E-state index in [1.54, 1.807) is 43.3 Å². The predicted molar refractivity (Wildman–Crippen MR) is 148 cm³/mol. The highest BCUT2D eigenvalue weighted by atomic mass is 35.5. The van der Waals surface area contributed by atoms with E-state index in [1.165, 1.54) is 42.3 Å². The molecule has 0 bridgehead atoms. The second-order valence-electron chi connectivity index (χ2n) is 7.98. The van der Waals surface area contributed by atoms with Crippen molar-refractivity contribution in [2.75, 3.05) is 17.9 Å². The van der Waals surface area contributed by atoms with E-state index in [0.717, 1.165) is 4.31 Å². The fourth-order valence-corrected chi connectivity index (χ4v) is 5.88. The molecule has 3 rings (SSSR count). The maximum atomic E-state index is 13.7. The number of rotatable bonds is 9. The summed E-state index contributed by atoms with van der Waals surface area (Å²) in [6.07, 6.45) is 0. The normalized spacial score (nSPS) is 12.1. The third kappa shape index (κ3) is 6.89. The van der Waals surface area contributed by atoms with Crippen molar-refractivity contribution in [3.63, 3.8) is 0 Å². The van der Waals surface area contributed by atoms with Crippen LogP contribution >= 0.6 is 46.4 Å². The molecule has 7 nitrogen and oxygen atoms in total. The van der Waals surface area contributed by atoms with E-state index < -0.39 is 34.4 Å². The highest BCUT2D eigenvalue weighted by molar-refractivity contribution is 7.92. The zero-order valence-electron chi connectivity index (χ0n) is 19.8. The Morgan fingerprint density at radius 2 is 1.57 bits per heavy atom. The van der Waals surface area contributed by atoms with Crippen molar-refractivity contribution in [2.45, 2.75) is 24.4 Å². The average molecular weight is 603 g/mol. The van der Waals surface area contributed by atoms with Gasteiger partial charge in [0.15, 0.2) is 0 Å². The number of carbonyl (C=O) groups is 2. The molecule has 1 atom stereocenters. The third-order valence-electron chi connectivity index (χ3n) is 5.54. The lowest BCUT2D eigenvalue weighted by atomic mass is 10.1. The van der Waals surface area contributed by atoms with E-state index >= 15 is 0 Å². The van der Waals surface area contributed by atoms with Crippen molar-refractivity contribution in [1.29, 1.82) is 0 Å². The summed E-state index contributed by atoms with van der Waals surface area (Å²) >= 11 is 24.6. The third-order valence-corrected chi connectivity index (χ3v) is 8.59. The molecule has 3 aromatic rings. The first kappa shape index (κ1) is 29.1. The van der Waals surface area contributed by atoms with Crippen LogP contribution < -0.4 is 9.62 Å². The number of sulfonamides is 1. The molecule has 1 N–H and O–H groups in total. The summed E-state index contributed by atoms with van der Waals surface area (Å²) in [5, 5.41) is 3.46. The number of hydrogen-bond donors (Lipinski definition) is 1. The average Bonchev–Trinajstić information content (AvgIpc) is 2.87. The quantitative estimate of drug-likeness (QED) is 0.342. The van der Waals surface area contributed by atoms with Crippen LogP contribution in [0.2, 0.25) is 20.1 Å². The summed E-state index contributed by atoms with van der Waals surface area (Å²) in [4.78, 5) is 27.4. The molecule has 12 heteroatoms. The monoisotopic (exact) mass is 601 g/mol. The van der Waals surface area contributed by atoms with Gasteiger partial charge in [0.2, 0.25) is 11.8 Å². The first-order valence-corrected chi connectivity index (χ1v) is 13.9. The van der Waals surface area contributed by atoms with Gasteiger partial charge < -0.3 is 10.2 Å². The molecular formula is C25H23Cl4N3O4S. The van der Waals surface area contributed by atoms with Gasteiger partial charge in [-0.3, -0.25) is 13.9 Å². The highest BCUT2D eigenvalue weighted by Gasteiger charge is 2.33. The van der Waals surface area contributed by atoms with Crippen molar-refractivity contribution in [1.82, 2.24) is 10.2 Å². The van der Waals surface area contributed by atoms with Crippen LogP contribution in [0.4, 0.5) is 5.69 Å². The number of nitrogens with one attached hydrogen (secondary N) is 1. The minimum atomic E-state index is -4.24. The number of carbonyl (C=O) groups excluding carboxylic acids is 2. The summed E-state index contributed by atoms with van der Waals surface area (Å²) < 4.78 is 28.3. The van der Waals surface area contributed by atoms with E-state index in [4.69, 9.17) is 46.4 Å². The van der Waals surface area contributed by atoms with Gasteiger partial charge in [-0.25, -0.2) is 8.42 Å². The van der Waals surface area contributed by atoms with Gasteiger partial charge in [0.1, 0.15) is 12.6 Å². The maximum absolute atomic E-state index is 13.7. The Labute approximate surface area is 235 Å². The number of benzene rings is 3. The molecule has 0 unspecified atom stereocenters. The Bertz CT molecular complexity index is 1400. The second kappa shape index (κ2) is 12.4. The van der Waals surface area contributed by atoms with Crippen molar-refractivity contribution >= 4 is 73.9 Å². The Balaban J connectivity index is 2.06. The number of halogens is 4. The van der Waals surface area contributed by atoms with E-state index in [-0.39, 0.29) is 27.2 Å². The zero-order valence-corrected chi connectivity index (χ0v) is 23.6. The van der Waals surface area contributed by atoms with Crippen molar-refractivity contribution in [3.8, 4) is 0 Å². The number of nitrogens with zero attached hydrogens (tertiary/aromatic N) is 2. The van der Waals surface area contributed by atoms with Gasteiger partial charge in [-0.2, -0.15) is 0 Å². The molecule has 0 saturated heterocycles. The summed E-state index contributed by atoms with van der Waals surface area (Å²) in [6.45, 7) is 0.874. The van der Waals surface area contributed by atoms with E-state index in [9.17, 15) is 18.0 Å². The van der Waals surface area contributed by atoms with Gasteiger partial charge in [0.25, 0.3) is 10.0 Å². The van der Waals surface area contributed by atoms with Crippen LogP contribution in [0.15, 0.2) is 71.6 Å². The molecule has 0 aliphatic rings. The Hall–Kier alpha value is -2.49. The lowest BCUT2D eigenvalue weighted by molar-refractivity contribution is -0.139. The van der Waals surface area contributed by atoms with Crippen LogP contribution in [0.3, 0.4) is 0 Å². The molecule has 0 aliphatic carbocycles. The summed E-state index contributed by atoms with van der Waals surface area (Å²) in [5.41, 5.74) is 0.658. The molecule has 0 aromatic heterocycles. The van der Waals surface area contributed by atoms with Crippen LogP contribution in [-0.4, -0.2) is 44.8 Å². The maximum Gasteiger partial charge on any atom is 0.264 e. The lowest BCUT2D eigenvalue weighted by Gasteiger charge is -2.32. The number of anilines is 1. The van der Waals surface area contributed by atoms with Gasteiger partial charge in [0, 0.05) is 18.6 Å². The molecule has 0 fully saturated rings. The molecule has 0 spiro atoms. The SMILES string of the molecule is CNC(=O)[C@@H](C)N(Cc1ccc(Cl)c(Cl)c1)C(=O)CN(c1ccc(Cl)cc1Cl)S(=O)(=O)c1ccccc1. The van der Waals surface area contributed by atoms with Gasteiger partial charge in [-0.15, -0.1) is 0 Å². The minimum Gasteiger partial charge on any atom is -0.357 e. The minimum absolute atomic E-state index is 0.0299. The smallest absolute Gasteiger partial charge is 0.264 e. The molecule has 0 radical (unpaired) electrons. The highest BCUT2D eigenvalue weighted by Crippen LogP contribution is 2.33. The molecule has 0 heterocycles. The molecule has 0 saturated carbocycles. The predicted octanol–water partition coefficient (Wildman–Crippen LogP) is 5.66. The summed E-state index contributed by atoms with van der Waals surface area (Å²) in [5.74, 6) is -1.08. The van der Waals surface area contributed by atoms with E-state index in [0.29, 0.717) is 15.6 Å². The number of amides is 2. The Morgan fingerprint density at radius 3 is 2.16 bits per heavy atom. The van der Waals surface area contributed by atoms with Crippen molar-refractivity contribution in [3.05, 3.63) is 92.4 Å². The van der Waals surface area contributed by atoms with Gasteiger partial charge in [-0.1, -0.05) is 70.7 Å². The van der Waals surface area contributed by atoms with Gasteiger partial charge in [0.05, 0.1) is 25.7 Å². The van der Waals surface area contributed by atoms with Crippen molar-refractivity contribution in [2.24, 2.45) is 0 Å². The first-order valence-electron chi connectivity index (χ1n) is 10.9. The fourth-order valence-electron chi connectivity index (χ4n) is 3.54. The van der Waals surface area contributed by atoms with E-state index in [1.807, 2.05) is 0 Å². The first-order chi connectivity index (χ1) is 17.4. The molecular weight excluding hydrogens is 580 g/mol. The van der Waals surface area contributed by atoms with Crippen LogP contribution in [0.1, 0.15) is 12.5 Å². The number of hydrogen-bond acceptors (Lipinski definition) is 4. The molecule has 37 heavy (non-hydrogen) atoms. The molecule has 3 aromatic carbocycles. The number of likely N-dealkylation sites (N-methyl/N-ethyl adjacent to an activating group) is 1. The molecule has 0 aliphatic heterocycles. The van der Waals surface area contributed by atoms with Crippen LogP contribution in [-0.2, 0) is 26.2 Å². The topological polar surface area (TPSA) is 86.8 Å². The van der Waals surface area contributed by atoms with Gasteiger partial charge in [-0.05, 0) is 55.0 Å². The second-order valence-corrected chi connectivity index (χ2v) is 11.5. The van der Waals surface area contributed by atoms with Crippen molar-refractivity contribution < 1.29 is 18.0 Å². The van der Waals surface area contributed by atoms with Crippen LogP contribution in [0.25, 0.3) is 0 Å². The van der Waals surface area contributed by atoms with Crippen LogP contribution in [0, 0.1) is 0 Å². The Kier molecular flexibility index (Phi) is 9.72. The molecule has 2 amide bonds. The molecule has 196 valence electrons. The lowest BCUT2D eigenvalue weighted by Crippen LogP contribution is -2.50. The van der Waals surface area contributed by atoms with Gasteiger partial charge >= 0.3 is 0 Å².